The lowest BCUT2D eigenvalue weighted by Crippen LogP contribution is -1.95. The van der Waals surface area contributed by atoms with E-state index in [0.717, 1.165) is 39.8 Å². The quantitative estimate of drug-likeness (QED) is 0.461. The molecule has 0 amide bonds. The van der Waals surface area contributed by atoms with Crippen LogP contribution < -0.4 is 4.74 Å². The molecule has 128 valence electrons. The second-order valence-electron chi connectivity index (χ2n) is 6.31. The van der Waals surface area contributed by atoms with Gasteiger partial charge in [0.05, 0.1) is 5.69 Å². The van der Waals surface area contributed by atoms with Crippen molar-refractivity contribution < 1.29 is 9.53 Å². The Bertz CT molecular complexity index is 1050. The van der Waals surface area contributed by atoms with E-state index in [1.54, 1.807) is 0 Å². The molecule has 0 aliphatic heterocycles. The Morgan fingerprint density at radius 3 is 2.46 bits per heavy atom. The molecule has 2 aromatic carbocycles. The van der Waals surface area contributed by atoms with Crippen molar-refractivity contribution in [2.24, 2.45) is 0 Å². The Balaban J connectivity index is 1.62. The van der Waals surface area contributed by atoms with Crippen LogP contribution in [0.1, 0.15) is 21.6 Å². The molecule has 0 fully saturated rings. The highest BCUT2D eigenvalue weighted by Gasteiger charge is 2.12. The molecule has 4 aromatic rings. The number of carbonyl (C=O) groups is 1. The van der Waals surface area contributed by atoms with Gasteiger partial charge in [0.1, 0.15) is 12.4 Å². The third-order valence-corrected chi connectivity index (χ3v) is 4.59. The number of carbonyl (C=O) groups excluding carboxylic acids is 1. The van der Waals surface area contributed by atoms with Gasteiger partial charge in [0.25, 0.3) is 0 Å². The van der Waals surface area contributed by atoms with E-state index in [9.17, 15) is 4.79 Å². The Morgan fingerprint density at radius 2 is 1.73 bits per heavy atom. The van der Waals surface area contributed by atoms with Crippen molar-refractivity contribution in [2.75, 3.05) is 0 Å². The predicted molar refractivity (Wildman–Crippen MR) is 104 cm³/mol. The zero-order valence-electron chi connectivity index (χ0n) is 14.6. The van der Waals surface area contributed by atoms with Gasteiger partial charge >= 0.3 is 0 Å². The van der Waals surface area contributed by atoms with Gasteiger partial charge in [-0.05, 0) is 47.9 Å². The third-order valence-electron chi connectivity index (χ3n) is 4.59. The maximum atomic E-state index is 11.7. The van der Waals surface area contributed by atoms with E-state index in [2.05, 4.69) is 6.07 Å². The summed E-state index contributed by atoms with van der Waals surface area (Å²) in [6.45, 7) is 2.59. The number of aldehydes is 1. The lowest BCUT2D eigenvalue weighted by molar-refractivity contribution is 0.111. The zero-order chi connectivity index (χ0) is 17.9. The zero-order valence-corrected chi connectivity index (χ0v) is 14.6. The Labute approximate surface area is 152 Å². The first-order valence-corrected chi connectivity index (χ1v) is 8.59. The van der Waals surface area contributed by atoms with Crippen molar-refractivity contribution >= 4 is 11.8 Å². The smallest absolute Gasteiger partial charge is 0.167 e. The van der Waals surface area contributed by atoms with Gasteiger partial charge < -0.3 is 9.14 Å². The highest BCUT2D eigenvalue weighted by molar-refractivity contribution is 5.90. The summed E-state index contributed by atoms with van der Waals surface area (Å²) >= 11 is 0. The van der Waals surface area contributed by atoms with E-state index >= 15 is 0 Å². The van der Waals surface area contributed by atoms with E-state index < -0.39 is 0 Å². The third kappa shape index (κ3) is 3.00. The molecule has 2 aromatic heterocycles. The number of ether oxygens (including phenoxy) is 1. The molecule has 0 atom stereocenters. The van der Waals surface area contributed by atoms with Gasteiger partial charge in [-0.2, -0.15) is 0 Å². The normalized spacial score (nSPS) is 10.8. The van der Waals surface area contributed by atoms with Crippen molar-refractivity contribution in [3.63, 3.8) is 0 Å². The van der Waals surface area contributed by atoms with Gasteiger partial charge in [-0.1, -0.05) is 48.5 Å². The second kappa shape index (κ2) is 6.89. The Hall–Kier alpha value is -3.33. The molecule has 0 radical (unpaired) electrons. The number of hydrogen-bond acceptors (Lipinski definition) is 2. The molecule has 0 aliphatic rings. The van der Waals surface area contributed by atoms with Crippen LogP contribution in [-0.4, -0.2) is 10.7 Å². The van der Waals surface area contributed by atoms with E-state index in [0.29, 0.717) is 12.3 Å². The van der Waals surface area contributed by atoms with Crippen LogP contribution in [0.4, 0.5) is 0 Å². The number of rotatable bonds is 5. The second-order valence-corrected chi connectivity index (χ2v) is 6.31. The monoisotopic (exact) mass is 341 g/mol. The summed E-state index contributed by atoms with van der Waals surface area (Å²) < 4.78 is 7.78. The fourth-order valence-corrected chi connectivity index (χ4v) is 3.19. The van der Waals surface area contributed by atoms with E-state index in [1.165, 1.54) is 0 Å². The first kappa shape index (κ1) is 16.2. The Morgan fingerprint density at radius 1 is 0.962 bits per heavy atom. The minimum atomic E-state index is 0.537. The van der Waals surface area contributed by atoms with Crippen molar-refractivity contribution in [2.45, 2.75) is 13.5 Å². The molecule has 2 heterocycles. The molecule has 0 saturated heterocycles. The number of aryl methyl sites for hydroxylation is 1. The highest BCUT2D eigenvalue weighted by atomic mass is 16.5. The summed E-state index contributed by atoms with van der Waals surface area (Å²) in [5.41, 5.74) is 5.93. The average molecular weight is 341 g/mol. The summed E-state index contributed by atoms with van der Waals surface area (Å²) in [5.74, 6) is 0.810. The predicted octanol–water partition coefficient (Wildman–Crippen LogP) is 5.31. The first-order chi connectivity index (χ1) is 12.8. The fraction of sp³-hybridized carbons (Fsp3) is 0.0870. The number of benzene rings is 2. The van der Waals surface area contributed by atoms with Gasteiger partial charge in [-0.3, -0.25) is 4.79 Å². The number of nitrogens with zero attached hydrogens (tertiary/aromatic N) is 1. The molecular formula is C23H19NO2. The topological polar surface area (TPSA) is 30.7 Å². The van der Waals surface area contributed by atoms with Crippen LogP contribution >= 0.6 is 0 Å². The highest BCUT2D eigenvalue weighted by Crippen LogP contribution is 2.29. The van der Waals surface area contributed by atoms with E-state index in [4.69, 9.17) is 4.74 Å². The molecule has 0 spiro atoms. The van der Waals surface area contributed by atoms with E-state index in [1.807, 2.05) is 84.3 Å². The summed E-state index contributed by atoms with van der Waals surface area (Å²) in [7, 11) is 0. The molecule has 3 nitrogen and oxygen atoms in total. The minimum absolute atomic E-state index is 0.537. The lowest BCUT2D eigenvalue weighted by atomic mass is 10.1. The van der Waals surface area contributed by atoms with Crippen molar-refractivity contribution in [1.29, 1.82) is 0 Å². The number of hydrogen-bond donors (Lipinski definition) is 0. The molecule has 0 saturated carbocycles. The standard InChI is InChI=1S/C23H19NO2/c1-17-6-5-13-24-22(17)14-21(23(24)15-25)19-9-11-20(12-10-19)26-16-18-7-3-2-4-8-18/h2-15H,16H2,1H3. The van der Waals surface area contributed by atoms with Gasteiger partial charge in [-0.25, -0.2) is 0 Å². The summed E-state index contributed by atoms with van der Waals surface area (Å²) in [6.07, 6.45) is 2.84. The molecule has 0 bridgehead atoms. The van der Waals surface area contributed by atoms with Crippen LogP contribution in [0.3, 0.4) is 0 Å². The van der Waals surface area contributed by atoms with Gasteiger partial charge in [0, 0.05) is 17.3 Å². The Kier molecular flexibility index (Phi) is 4.28. The first-order valence-electron chi connectivity index (χ1n) is 8.59. The number of fused-ring (bicyclic) bond motifs is 1. The fourth-order valence-electron chi connectivity index (χ4n) is 3.19. The molecular weight excluding hydrogens is 322 g/mol. The maximum Gasteiger partial charge on any atom is 0.167 e. The van der Waals surface area contributed by atoms with Gasteiger partial charge in [-0.15, -0.1) is 0 Å². The summed E-state index contributed by atoms with van der Waals surface area (Å²) in [5, 5.41) is 0. The van der Waals surface area contributed by atoms with Gasteiger partial charge in [0.2, 0.25) is 0 Å². The molecule has 0 unspecified atom stereocenters. The van der Waals surface area contributed by atoms with E-state index in [-0.39, 0.29) is 0 Å². The molecule has 0 aliphatic carbocycles. The summed E-state index contributed by atoms with van der Waals surface area (Å²) in [6, 6.07) is 24.0. The van der Waals surface area contributed by atoms with Crippen LogP contribution in [0, 0.1) is 6.92 Å². The maximum absolute atomic E-state index is 11.7. The van der Waals surface area contributed by atoms with Crippen molar-refractivity contribution in [3.05, 3.63) is 95.8 Å². The SMILES string of the molecule is Cc1cccn2c(C=O)c(-c3ccc(OCc4ccccc4)cc3)cc12. The summed E-state index contributed by atoms with van der Waals surface area (Å²) in [4.78, 5) is 11.7. The number of pyridine rings is 1. The molecule has 0 N–H and O–H groups in total. The van der Waals surface area contributed by atoms with Crippen LogP contribution in [-0.2, 0) is 6.61 Å². The average Bonchev–Trinajstić information content (AvgIpc) is 3.07. The van der Waals surface area contributed by atoms with Crippen LogP contribution in [0.15, 0.2) is 79.0 Å². The largest absolute Gasteiger partial charge is 0.489 e. The van der Waals surface area contributed by atoms with Gasteiger partial charge in [0.15, 0.2) is 6.29 Å². The molecule has 3 heteroatoms. The van der Waals surface area contributed by atoms with Crippen LogP contribution in [0.5, 0.6) is 5.75 Å². The van der Waals surface area contributed by atoms with Crippen molar-refractivity contribution in [3.8, 4) is 16.9 Å². The van der Waals surface area contributed by atoms with Crippen LogP contribution in [0.2, 0.25) is 0 Å². The molecule has 4 rings (SSSR count). The lowest BCUT2D eigenvalue weighted by Gasteiger charge is -2.07. The number of aromatic nitrogens is 1. The van der Waals surface area contributed by atoms with Crippen molar-refractivity contribution in [1.82, 2.24) is 4.40 Å². The van der Waals surface area contributed by atoms with Crippen LogP contribution in [0.25, 0.3) is 16.6 Å². The minimum Gasteiger partial charge on any atom is -0.489 e. The molecule has 26 heavy (non-hydrogen) atoms.